The summed E-state index contributed by atoms with van der Waals surface area (Å²) in [6.45, 7) is 0.867. The van der Waals surface area contributed by atoms with Crippen LogP contribution in [0.5, 0.6) is 11.5 Å². The van der Waals surface area contributed by atoms with Crippen LogP contribution in [0.3, 0.4) is 0 Å². The smallest absolute Gasteiger partial charge is 0.260 e. The predicted octanol–water partition coefficient (Wildman–Crippen LogP) is 3.74. The molecule has 0 saturated heterocycles. The van der Waals surface area contributed by atoms with Crippen LogP contribution in [0.2, 0.25) is 0 Å². The van der Waals surface area contributed by atoms with Crippen LogP contribution in [-0.2, 0) is 6.54 Å². The summed E-state index contributed by atoms with van der Waals surface area (Å²) in [5.41, 5.74) is 2.25. The maximum atomic E-state index is 13.0. The summed E-state index contributed by atoms with van der Waals surface area (Å²) < 4.78 is 23.8. The second-order valence-electron chi connectivity index (χ2n) is 8.73. The van der Waals surface area contributed by atoms with Crippen molar-refractivity contribution in [3.63, 3.8) is 0 Å². The largest absolute Gasteiger partial charge is 0.454 e. The minimum absolute atomic E-state index is 0.0185. The SMILES string of the molecule is O=C(NC1CCC(NCc2ccc(F)cc2)CC1)c1cc(-c2ccc3c(c2)OCO3)c[nH]c1=O. The lowest BCUT2D eigenvalue weighted by Crippen LogP contribution is -2.43. The number of halogens is 1. The Labute approximate surface area is 196 Å². The van der Waals surface area contributed by atoms with E-state index in [9.17, 15) is 14.0 Å². The number of ether oxygens (including phenoxy) is 2. The van der Waals surface area contributed by atoms with Crippen molar-refractivity contribution in [2.24, 2.45) is 0 Å². The molecule has 0 unspecified atom stereocenters. The van der Waals surface area contributed by atoms with Crippen LogP contribution in [0.4, 0.5) is 4.39 Å². The van der Waals surface area contributed by atoms with Gasteiger partial charge in [0.2, 0.25) is 6.79 Å². The maximum Gasteiger partial charge on any atom is 0.260 e. The fraction of sp³-hybridized carbons (Fsp3) is 0.308. The van der Waals surface area contributed by atoms with Gasteiger partial charge in [-0.1, -0.05) is 18.2 Å². The van der Waals surface area contributed by atoms with E-state index in [1.807, 2.05) is 18.2 Å². The number of nitrogens with one attached hydrogen (secondary N) is 3. The average Bonchev–Trinajstić information content (AvgIpc) is 3.33. The fourth-order valence-corrected chi connectivity index (χ4v) is 4.46. The van der Waals surface area contributed by atoms with Crippen molar-refractivity contribution >= 4 is 5.91 Å². The lowest BCUT2D eigenvalue weighted by Gasteiger charge is -2.29. The third-order valence-electron chi connectivity index (χ3n) is 6.42. The number of fused-ring (bicyclic) bond motifs is 1. The summed E-state index contributed by atoms with van der Waals surface area (Å²) in [4.78, 5) is 27.9. The van der Waals surface area contributed by atoms with Crippen molar-refractivity contribution in [3.8, 4) is 22.6 Å². The Morgan fingerprint density at radius 3 is 2.47 bits per heavy atom. The van der Waals surface area contributed by atoms with Crippen LogP contribution in [0.25, 0.3) is 11.1 Å². The van der Waals surface area contributed by atoms with Crippen LogP contribution in [0.1, 0.15) is 41.6 Å². The molecule has 3 N–H and O–H groups in total. The van der Waals surface area contributed by atoms with Crippen LogP contribution in [0.15, 0.2) is 59.5 Å². The van der Waals surface area contributed by atoms with Crippen molar-refractivity contribution in [1.29, 1.82) is 0 Å². The summed E-state index contributed by atoms with van der Waals surface area (Å²) in [5.74, 6) is 0.709. The Morgan fingerprint density at radius 2 is 1.68 bits per heavy atom. The number of aromatic amines is 1. The van der Waals surface area contributed by atoms with Gasteiger partial charge in [0.1, 0.15) is 11.4 Å². The number of H-pyrrole nitrogens is 1. The molecule has 5 rings (SSSR count). The van der Waals surface area contributed by atoms with Crippen molar-refractivity contribution < 1.29 is 18.7 Å². The second kappa shape index (κ2) is 9.69. The van der Waals surface area contributed by atoms with E-state index in [4.69, 9.17) is 9.47 Å². The maximum absolute atomic E-state index is 13.0. The number of rotatable bonds is 6. The molecule has 2 heterocycles. The number of pyridine rings is 1. The zero-order chi connectivity index (χ0) is 23.5. The summed E-state index contributed by atoms with van der Waals surface area (Å²) in [5, 5.41) is 6.53. The number of hydrogen-bond donors (Lipinski definition) is 3. The molecule has 34 heavy (non-hydrogen) atoms. The predicted molar refractivity (Wildman–Crippen MR) is 125 cm³/mol. The first-order valence-electron chi connectivity index (χ1n) is 11.5. The average molecular weight is 464 g/mol. The zero-order valence-corrected chi connectivity index (χ0v) is 18.6. The highest BCUT2D eigenvalue weighted by Crippen LogP contribution is 2.35. The van der Waals surface area contributed by atoms with Gasteiger partial charge in [-0.3, -0.25) is 9.59 Å². The molecule has 1 aliphatic heterocycles. The minimum Gasteiger partial charge on any atom is -0.454 e. The van der Waals surface area contributed by atoms with Crippen molar-refractivity contribution in [1.82, 2.24) is 15.6 Å². The Balaban J connectivity index is 1.17. The quantitative estimate of drug-likeness (QED) is 0.518. The number of amides is 1. The van der Waals surface area contributed by atoms with Gasteiger partial charge < -0.3 is 25.1 Å². The Hall–Kier alpha value is -3.65. The van der Waals surface area contributed by atoms with E-state index in [1.54, 1.807) is 24.4 Å². The number of aromatic nitrogens is 1. The molecular formula is C26H26FN3O4. The van der Waals surface area contributed by atoms with Gasteiger partial charge in [-0.05, 0) is 72.7 Å². The molecule has 7 nitrogen and oxygen atoms in total. The number of hydrogen-bond acceptors (Lipinski definition) is 5. The first-order chi connectivity index (χ1) is 16.5. The molecule has 0 spiro atoms. The highest BCUT2D eigenvalue weighted by atomic mass is 19.1. The first kappa shape index (κ1) is 22.2. The highest BCUT2D eigenvalue weighted by molar-refractivity contribution is 5.95. The number of benzene rings is 2. The molecule has 2 aromatic carbocycles. The van der Waals surface area contributed by atoms with E-state index in [1.165, 1.54) is 12.1 Å². The fourth-order valence-electron chi connectivity index (χ4n) is 4.46. The molecule has 1 aromatic heterocycles. The molecule has 2 aliphatic rings. The molecule has 1 saturated carbocycles. The Kier molecular flexibility index (Phi) is 6.31. The topological polar surface area (TPSA) is 92.4 Å². The second-order valence-corrected chi connectivity index (χ2v) is 8.73. The normalized spacial score (nSPS) is 19.1. The third-order valence-corrected chi connectivity index (χ3v) is 6.42. The van der Waals surface area contributed by atoms with Crippen LogP contribution in [0, 0.1) is 5.82 Å². The lowest BCUT2D eigenvalue weighted by atomic mass is 9.90. The van der Waals surface area contributed by atoms with Gasteiger partial charge in [0.15, 0.2) is 11.5 Å². The minimum atomic E-state index is -0.420. The van der Waals surface area contributed by atoms with Crippen LogP contribution < -0.4 is 25.7 Å². The van der Waals surface area contributed by atoms with Gasteiger partial charge in [-0.25, -0.2) is 4.39 Å². The van der Waals surface area contributed by atoms with Crippen molar-refractivity contribution in [2.75, 3.05) is 6.79 Å². The van der Waals surface area contributed by atoms with Gasteiger partial charge >= 0.3 is 0 Å². The Bertz CT molecular complexity index is 1230. The highest BCUT2D eigenvalue weighted by Gasteiger charge is 2.24. The monoisotopic (exact) mass is 463 g/mol. The zero-order valence-electron chi connectivity index (χ0n) is 18.6. The molecule has 8 heteroatoms. The standard InChI is InChI=1S/C26H26FN3O4/c27-19-4-1-16(2-5-19)13-28-20-6-8-21(9-7-20)30-26(32)22-11-18(14-29-25(22)31)17-3-10-23-24(12-17)34-15-33-23/h1-5,10-12,14,20-21,28H,6-9,13,15H2,(H,29,31)(H,30,32). The molecule has 1 aliphatic carbocycles. The van der Waals surface area contributed by atoms with E-state index in [0.717, 1.165) is 42.4 Å². The number of carbonyl (C=O) groups excluding carboxylic acids is 1. The van der Waals surface area contributed by atoms with Gasteiger partial charge in [0.25, 0.3) is 11.5 Å². The lowest BCUT2D eigenvalue weighted by molar-refractivity contribution is 0.0922. The third kappa shape index (κ3) is 4.97. The summed E-state index contributed by atoms with van der Waals surface area (Å²) in [7, 11) is 0. The summed E-state index contributed by atoms with van der Waals surface area (Å²) in [6, 6.07) is 14.0. The molecule has 1 amide bonds. The van der Waals surface area contributed by atoms with Gasteiger partial charge in [-0.2, -0.15) is 0 Å². The first-order valence-corrected chi connectivity index (χ1v) is 11.5. The molecular weight excluding hydrogens is 437 g/mol. The van der Waals surface area contributed by atoms with Crippen LogP contribution in [-0.4, -0.2) is 29.8 Å². The van der Waals surface area contributed by atoms with Gasteiger partial charge in [0.05, 0.1) is 0 Å². The van der Waals surface area contributed by atoms with E-state index < -0.39 is 5.56 Å². The molecule has 176 valence electrons. The molecule has 0 atom stereocenters. The van der Waals surface area contributed by atoms with Crippen molar-refractivity contribution in [3.05, 3.63) is 82.0 Å². The summed E-state index contributed by atoms with van der Waals surface area (Å²) in [6.07, 6.45) is 5.08. The molecule has 0 radical (unpaired) electrons. The van der Waals surface area contributed by atoms with E-state index >= 15 is 0 Å². The molecule has 1 fully saturated rings. The van der Waals surface area contributed by atoms with Crippen molar-refractivity contribution in [2.45, 2.75) is 44.3 Å². The van der Waals surface area contributed by atoms with Crippen LogP contribution >= 0.6 is 0 Å². The van der Waals surface area contributed by atoms with Gasteiger partial charge in [-0.15, -0.1) is 0 Å². The Morgan fingerprint density at radius 1 is 0.941 bits per heavy atom. The van der Waals surface area contributed by atoms with E-state index in [0.29, 0.717) is 24.1 Å². The molecule has 0 bridgehead atoms. The summed E-state index contributed by atoms with van der Waals surface area (Å²) >= 11 is 0. The molecule has 3 aromatic rings. The van der Waals surface area contributed by atoms with Gasteiger partial charge in [0, 0.05) is 24.8 Å². The van der Waals surface area contributed by atoms with E-state index in [2.05, 4.69) is 15.6 Å². The van der Waals surface area contributed by atoms with E-state index in [-0.39, 0.29) is 30.1 Å². The number of carbonyl (C=O) groups is 1.